The highest BCUT2D eigenvalue weighted by atomic mass is 16.7. The number of oxime groups is 1. The van der Waals surface area contributed by atoms with Gasteiger partial charge in [0.15, 0.2) is 0 Å². The van der Waals surface area contributed by atoms with E-state index in [9.17, 15) is 4.79 Å². The first-order valence-electron chi connectivity index (χ1n) is 7.54. The van der Waals surface area contributed by atoms with Crippen LogP contribution in [0.1, 0.15) is 5.56 Å². The van der Waals surface area contributed by atoms with E-state index < -0.39 is 6.09 Å². The number of aromatic nitrogens is 1. The molecule has 25 heavy (non-hydrogen) atoms. The number of ether oxygens (including phenoxy) is 1. The van der Waals surface area contributed by atoms with E-state index in [2.05, 4.69) is 15.5 Å². The molecule has 0 aliphatic carbocycles. The van der Waals surface area contributed by atoms with Gasteiger partial charge in [-0.1, -0.05) is 35.5 Å². The zero-order chi connectivity index (χ0) is 17.3. The third-order valence-corrected chi connectivity index (χ3v) is 3.11. The number of benzene rings is 2. The predicted molar refractivity (Wildman–Crippen MR) is 94.9 cm³/mol. The number of pyridine rings is 1. The number of carbonyl (C=O) groups excluding carboxylic acids is 1. The van der Waals surface area contributed by atoms with Gasteiger partial charge in [-0.3, -0.25) is 15.1 Å². The van der Waals surface area contributed by atoms with Gasteiger partial charge in [0.1, 0.15) is 11.5 Å². The Morgan fingerprint density at radius 2 is 1.76 bits per heavy atom. The maximum Gasteiger partial charge on any atom is 0.437 e. The third kappa shape index (κ3) is 5.18. The number of nitrogens with one attached hydrogen (secondary N) is 1. The number of carbonyl (C=O) groups is 1. The lowest BCUT2D eigenvalue weighted by atomic mass is 10.2. The molecule has 0 aliphatic heterocycles. The van der Waals surface area contributed by atoms with Crippen molar-refractivity contribution in [1.82, 2.24) is 4.98 Å². The van der Waals surface area contributed by atoms with Crippen LogP contribution in [0.15, 0.2) is 84.3 Å². The molecule has 124 valence electrons. The molecular weight excluding hydrogens is 318 g/mol. The summed E-state index contributed by atoms with van der Waals surface area (Å²) in [5.41, 5.74) is 1.41. The summed E-state index contributed by atoms with van der Waals surface area (Å²) in [5.74, 6) is 1.27. The fourth-order valence-corrected chi connectivity index (χ4v) is 1.96. The lowest BCUT2D eigenvalue weighted by Gasteiger charge is -2.06. The van der Waals surface area contributed by atoms with Crippen molar-refractivity contribution >= 4 is 18.0 Å². The maximum absolute atomic E-state index is 11.7. The van der Waals surface area contributed by atoms with Gasteiger partial charge in [0.2, 0.25) is 0 Å². The average molecular weight is 333 g/mol. The topological polar surface area (TPSA) is 72.8 Å². The van der Waals surface area contributed by atoms with Crippen molar-refractivity contribution in [2.24, 2.45) is 5.16 Å². The van der Waals surface area contributed by atoms with Gasteiger partial charge in [-0.05, 0) is 42.0 Å². The standard InChI is InChI=1S/C19H15N3O3/c23-19(25-21-13-15-5-2-1-3-6-15)22-16-8-10-17(11-9-16)24-18-7-4-12-20-14-18/h1-14H,(H,22,23)/b21-13+. The summed E-state index contributed by atoms with van der Waals surface area (Å²) in [6, 6.07) is 19.8. The fourth-order valence-electron chi connectivity index (χ4n) is 1.96. The van der Waals surface area contributed by atoms with Crippen LogP contribution in [0.25, 0.3) is 0 Å². The van der Waals surface area contributed by atoms with Gasteiger partial charge < -0.3 is 4.74 Å². The molecule has 3 rings (SSSR count). The van der Waals surface area contributed by atoms with Crippen LogP contribution >= 0.6 is 0 Å². The Labute approximate surface area is 144 Å². The molecule has 0 saturated heterocycles. The van der Waals surface area contributed by atoms with Crippen molar-refractivity contribution in [3.8, 4) is 11.5 Å². The molecule has 0 aliphatic rings. The number of nitrogens with zero attached hydrogens (tertiary/aromatic N) is 2. The molecule has 1 aromatic heterocycles. The van der Waals surface area contributed by atoms with E-state index in [1.807, 2.05) is 30.3 Å². The quantitative estimate of drug-likeness (QED) is 0.425. The van der Waals surface area contributed by atoms with Crippen LogP contribution in [0.2, 0.25) is 0 Å². The van der Waals surface area contributed by atoms with Crippen molar-refractivity contribution in [2.75, 3.05) is 5.32 Å². The molecule has 0 atom stereocenters. The maximum atomic E-state index is 11.7. The van der Waals surface area contributed by atoms with Crippen molar-refractivity contribution in [1.29, 1.82) is 0 Å². The van der Waals surface area contributed by atoms with E-state index in [1.165, 1.54) is 6.21 Å². The lowest BCUT2D eigenvalue weighted by molar-refractivity contribution is 0.167. The van der Waals surface area contributed by atoms with E-state index in [-0.39, 0.29) is 0 Å². The van der Waals surface area contributed by atoms with Gasteiger partial charge in [0, 0.05) is 11.9 Å². The van der Waals surface area contributed by atoms with Crippen molar-refractivity contribution < 1.29 is 14.4 Å². The minimum Gasteiger partial charge on any atom is -0.456 e. The molecule has 0 saturated carbocycles. The smallest absolute Gasteiger partial charge is 0.437 e. The van der Waals surface area contributed by atoms with Gasteiger partial charge >= 0.3 is 6.09 Å². The Morgan fingerprint density at radius 3 is 2.48 bits per heavy atom. The van der Waals surface area contributed by atoms with Crippen LogP contribution in [-0.4, -0.2) is 17.3 Å². The predicted octanol–water partition coefficient (Wildman–Crippen LogP) is 4.46. The van der Waals surface area contributed by atoms with E-state index >= 15 is 0 Å². The summed E-state index contributed by atoms with van der Waals surface area (Å²) in [4.78, 5) is 20.4. The van der Waals surface area contributed by atoms with Crippen molar-refractivity contribution in [3.63, 3.8) is 0 Å². The fraction of sp³-hybridized carbons (Fsp3) is 0. The molecule has 0 spiro atoms. The monoisotopic (exact) mass is 333 g/mol. The van der Waals surface area contributed by atoms with Crippen LogP contribution in [0.3, 0.4) is 0 Å². The van der Waals surface area contributed by atoms with Crippen LogP contribution in [-0.2, 0) is 4.84 Å². The second-order valence-electron chi connectivity index (χ2n) is 4.96. The molecule has 1 amide bonds. The summed E-state index contributed by atoms with van der Waals surface area (Å²) in [5, 5.41) is 6.22. The van der Waals surface area contributed by atoms with Crippen LogP contribution in [0.5, 0.6) is 11.5 Å². The van der Waals surface area contributed by atoms with Gasteiger partial charge in [-0.15, -0.1) is 0 Å². The van der Waals surface area contributed by atoms with Gasteiger partial charge in [0.25, 0.3) is 0 Å². The molecule has 0 fully saturated rings. The van der Waals surface area contributed by atoms with Crippen LogP contribution in [0, 0.1) is 0 Å². The molecule has 0 unspecified atom stereocenters. The Balaban J connectivity index is 1.51. The van der Waals surface area contributed by atoms with Crippen LogP contribution < -0.4 is 10.1 Å². The average Bonchev–Trinajstić information content (AvgIpc) is 2.65. The first-order valence-corrected chi connectivity index (χ1v) is 7.54. The highest BCUT2D eigenvalue weighted by Gasteiger charge is 2.03. The zero-order valence-electron chi connectivity index (χ0n) is 13.2. The van der Waals surface area contributed by atoms with Gasteiger partial charge in [-0.25, -0.2) is 4.79 Å². The molecule has 0 radical (unpaired) electrons. The number of rotatable bonds is 5. The highest BCUT2D eigenvalue weighted by Crippen LogP contribution is 2.22. The Hall–Kier alpha value is -3.67. The largest absolute Gasteiger partial charge is 0.456 e. The summed E-state index contributed by atoms with van der Waals surface area (Å²) in [6.07, 6.45) is 4.08. The molecule has 0 bridgehead atoms. The Morgan fingerprint density at radius 1 is 0.960 bits per heavy atom. The summed E-state index contributed by atoms with van der Waals surface area (Å²) < 4.78 is 5.62. The first-order chi connectivity index (χ1) is 12.3. The van der Waals surface area contributed by atoms with E-state index in [4.69, 9.17) is 9.57 Å². The number of hydrogen-bond donors (Lipinski definition) is 1. The minimum atomic E-state index is -0.673. The molecular formula is C19H15N3O3. The Kier molecular flexibility index (Phi) is 5.35. The summed E-state index contributed by atoms with van der Waals surface area (Å²) in [6.45, 7) is 0. The van der Waals surface area contributed by atoms with E-state index in [0.29, 0.717) is 17.2 Å². The van der Waals surface area contributed by atoms with Crippen LogP contribution in [0.4, 0.5) is 10.5 Å². The minimum absolute atomic E-state index is 0.568. The second-order valence-corrected chi connectivity index (χ2v) is 4.96. The molecule has 1 heterocycles. The number of anilines is 1. The number of hydrogen-bond acceptors (Lipinski definition) is 5. The highest BCUT2D eigenvalue weighted by molar-refractivity contribution is 5.85. The molecule has 6 nitrogen and oxygen atoms in total. The summed E-state index contributed by atoms with van der Waals surface area (Å²) in [7, 11) is 0. The third-order valence-electron chi connectivity index (χ3n) is 3.11. The molecule has 1 N–H and O–H groups in total. The molecule has 3 aromatic rings. The lowest BCUT2D eigenvalue weighted by Crippen LogP contribution is -2.10. The van der Waals surface area contributed by atoms with Crippen molar-refractivity contribution in [2.45, 2.75) is 0 Å². The molecule has 2 aromatic carbocycles. The second kappa shape index (κ2) is 8.26. The Bertz CT molecular complexity index is 835. The van der Waals surface area contributed by atoms with Gasteiger partial charge in [0.05, 0.1) is 12.4 Å². The number of amides is 1. The van der Waals surface area contributed by atoms with Crippen molar-refractivity contribution in [3.05, 3.63) is 84.7 Å². The summed E-state index contributed by atoms with van der Waals surface area (Å²) >= 11 is 0. The zero-order valence-corrected chi connectivity index (χ0v) is 13.2. The molecule has 6 heteroatoms. The first kappa shape index (κ1) is 16.2. The SMILES string of the molecule is O=C(Nc1ccc(Oc2cccnc2)cc1)O/N=C/c1ccccc1. The van der Waals surface area contributed by atoms with Gasteiger partial charge in [-0.2, -0.15) is 0 Å². The van der Waals surface area contributed by atoms with E-state index in [1.54, 1.807) is 48.8 Å². The normalized spacial score (nSPS) is 10.4. The van der Waals surface area contributed by atoms with E-state index in [0.717, 1.165) is 5.56 Å².